The summed E-state index contributed by atoms with van der Waals surface area (Å²) in [6.07, 6.45) is 2.76. The zero-order valence-electron chi connectivity index (χ0n) is 13.1. The van der Waals surface area contributed by atoms with E-state index in [1.54, 1.807) is 12.1 Å². The van der Waals surface area contributed by atoms with Crippen molar-refractivity contribution in [3.8, 4) is 0 Å². The van der Waals surface area contributed by atoms with E-state index < -0.39 is 16.0 Å². The molecule has 6 nitrogen and oxygen atoms in total. The van der Waals surface area contributed by atoms with Crippen LogP contribution in [0.2, 0.25) is 0 Å². The lowest BCUT2D eigenvalue weighted by atomic mass is 9.89. The Kier molecular flexibility index (Phi) is 4.73. The Morgan fingerprint density at radius 2 is 1.96 bits per heavy atom. The van der Waals surface area contributed by atoms with Crippen LogP contribution in [0, 0.1) is 0 Å². The van der Waals surface area contributed by atoms with Gasteiger partial charge in [0.25, 0.3) is 10.0 Å². The lowest BCUT2D eigenvalue weighted by Gasteiger charge is -2.30. The van der Waals surface area contributed by atoms with Gasteiger partial charge in [0.05, 0.1) is 12.7 Å². The Bertz CT molecular complexity index is 805. The van der Waals surface area contributed by atoms with Crippen LogP contribution in [0.5, 0.6) is 0 Å². The van der Waals surface area contributed by atoms with Gasteiger partial charge in [0.15, 0.2) is 0 Å². The Balaban J connectivity index is 1.68. The molecule has 1 fully saturated rings. The maximum absolute atomic E-state index is 12.4. The Labute approximate surface area is 140 Å². The highest BCUT2D eigenvalue weighted by Crippen LogP contribution is 2.31. The molecule has 1 aromatic heterocycles. The van der Waals surface area contributed by atoms with Crippen LogP contribution in [0.25, 0.3) is 0 Å². The van der Waals surface area contributed by atoms with Gasteiger partial charge in [-0.25, -0.2) is 8.42 Å². The van der Waals surface area contributed by atoms with E-state index in [1.807, 2.05) is 18.2 Å². The largest absolute Gasteiger partial charge is 0.481 e. The van der Waals surface area contributed by atoms with Crippen molar-refractivity contribution in [2.45, 2.75) is 30.3 Å². The molecule has 2 aromatic rings. The number of sulfonamides is 1. The third kappa shape index (κ3) is 3.52. The second-order valence-electron chi connectivity index (χ2n) is 5.93. The summed E-state index contributed by atoms with van der Waals surface area (Å²) in [5, 5.41) is 8.88. The lowest BCUT2D eigenvalue weighted by molar-refractivity contribution is -0.136. The number of furan rings is 1. The zero-order chi connectivity index (χ0) is 17.2. The highest BCUT2D eigenvalue weighted by atomic mass is 32.2. The molecule has 2 heterocycles. The molecule has 1 aromatic carbocycles. The second-order valence-corrected chi connectivity index (χ2v) is 7.79. The summed E-state index contributed by atoms with van der Waals surface area (Å²) in [6.45, 7) is 0.855. The molecule has 0 atom stereocenters. The summed E-state index contributed by atoms with van der Waals surface area (Å²) < 4.78 is 31.3. The molecule has 1 saturated heterocycles. The topological polar surface area (TPSA) is 87.8 Å². The number of rotatable bonds is 5. The number of carboxylic acids is 1. The first-order chi connectivity index (χ1) is 11.5. The van der Waals surface area contributed by atoms with E-state index in [2.05, 4.69) is 0 Å². The molecule has 0 spiro atoms. The molecule has 24 heavy (non-hydrogen) atoms. The summed E-state index contributed by atoms with van der Waals surface area (Å²) in [5.41, 5.74) is 1.84. The average Bonchev–Trinajstić information content (AvgIpc) is 3.10. The second kappa shape index (κ2) is 6.78. The Morgan fingerprint density at radius 1 is 1.21 bits per heavy atom. The van der Waals surface area contributed by atoms with Crippen LogP contribution in [0.4, 0.5) is 0 Å². The highest BCUT2D eigenvalue weighted by molar-refractivity contribution is 7.89. The van der Waals surface area contributed by atoms with Crippen molar-refractivity contribution in [3.63, 3.8) is 0 Å². The monoisotopic (exact) mass is 349 g/mol. The molecule has 1 aliphatic rings. The first-order valence-electron chi connectivity index (χ1n) is 7.81. The Morgan fingerprint density at radius 3 is 2.58 bits per heavy atom. The summed E-state index contributed by atoms with van der Waals surface area (Å²) >= 11 is 0. The standard InChI is InChI=1S/C17H19NO5S/c19-16(20)12-13-3-1-4-15(11-13)14-6-8-18(9-7-14)24(21,22)17-5-2-10-23-17/h1-5,10-11,14H,6-9,12H2,(H,19,20). The van der Waals surface area contributed by atoms with E-state index in [4.69, 9.17) is 9.52 Å². The van der Waals surface area contributed by atoms with Gasteiger partial charge in [-0.3, -0.25) is 4.79 Å². The predicted octanol–water partition coefficient (Wildman–Crippen LogP) is 2.48. The number of benzene rings is 1. The van der Waals surface area contributed by atoms with Crippen LogP contribution in [0.1, 0.15) is 29.9 Å². The molecule has 0 aliphatic carbocycles. The van der Waals surface area contributed by atoms with Crippen LogP contribution >= 0.6 is 0 Å². The summed E-state index contributed by atoms with van der Waals surface area (Å²) in [5.74, 6) is -0.617. The molecule has 0 saturated carbocycles. The minimum absolute atomic E-state index is 0.000439. The number of piperidine rings is 1. The summed E-state index contributed by atoms with van der Waals surface area (Å²) in [6, 6.07) is 10.6. The number of nitrogens with zero attached hydrogens (tertiary/aromatic N) is 1. The van der Waals surface area contributed by atoms with E-state index in [1.165, 1.54) is 16.6 Å². The predicted molar refractivity (Wildman–Crippen MR) is 87.2 cm³/mol. The molecule has 1 aliphatic heterocycles. The van der Waals surface area contributed by atoms with Crippen molar-refractivity contribution in [1.29, 1.82) is 0 Å². The van der Waals surface area contributed by atoms with E-state index in [0.29, 0.717) is 25.9 Å². The lowest BCUT2D eigenvalue weighted by Crippen LogP contribution is -2.37. The van der Waals surface area contributed by atoms with Gasteiger partial charge in [-0.2, -0.15) is 4.31 Å². The molecule has 0 bridgehead atoms. The highest BCUT2D eigenvalue weighted by Gasteiger charge is 2.31. The van der Waals surface area contributed by atoms with Crippen molar-refractivity contribution in [2.24, 2.45) is 0 Å². The first-order valence-corrected chi connectivity index (χ1v) is 9.25. The van der Waals surface area contributed by atoms with E-state index in [9.17, 15) is 13.2 Å². The molecule has 128 valence electrons. The van der Waals surface area contributed by atoms with E-state index in [0.717, 1.165) is 11.1 Å². The summed E-state index contributed by atoms with van der Waals surface area (Å²) in [4.78, 5) is 10.8. The van der Waals surface area contributed by atoms with Crippen molar-refractivity contribution in [1.82, 2.24) is 4.31 Å². The Hall–Kier alpha value is -2.12. The van der Waals surface area contributed by atoms with Crippen molar-refractivity contribution in [3.05, 3.63) is 53.8 Å². The number of hydrogen-bond donors (Lipinski definition) is 1. The first kappa shape index (κ1) is 16.7. The molecule has 0 radical (unpaired) electrons. The van der Waals surface area contributed by atoms with Crippen LogP contribution in [-0.2, 0) is 21.2 Å². The normalized spacial score (nSPS) is 17.0. The quantitative estimate of drug-likeness (QED) is 0.896. The van der Waals surface area contributed by atoms with E-state index >= 15 is 0 Å². The third-order valence-electron chi connectivity index (χ3n) is 4.32. The van der Waals surface area contributed by atoms with Gasteiger partial charge < -0.3 is 9.52 Å². The van der Waals surface area contributed by atoms with Crippen molar-refractivity contribution < 1.29 is 22.7 Å². The molecule has 7 heteroatoms. The van der Waals surface area contributed by atoms with Crippen LogP contribution < -0.4 is 0 Å². The van der Waals surface area contributed by atoms with Gasteiger partial charge in [-0.05, 0) is 42.0 Å². The summed E-state index contributed by atoms with van der Waals surface area (Å²) in [7, 11) is -3.56. The zero-order valence-corrected chi connectivity index (χ0v) is 13.9. The van der Waals surface area contributed by atoms with Gasteiger partial charge in [0.2, 0.25) is 5.09 Å². The van der Waals surface area contributed by atoms with Crippen molar-refractivity contribution in [2.75, 3.05) is 13.1 Å². The maximum atomic E-state index is 12.4. The van der Waals surface area contributed by atoms with Gasteiger partial charge in [0, 0.05) is 13.1 Å². The van der Waals surface area contributed by atoms with Crippen LogP contribution in [-0.4, -0.2) is 36.9 Å². The molecular formula is C17H19NO5S. The molecule has 0 amide bonds. The minimum atomic E-state index is -3.56. The number of aliphatic carboxylic acids is 1. The van der Waals surface area contributed by atoms with Gasteiger partial charge >= 0.3 is 5.97 Å². The fourth-order valence-electron chi connectivity index (χ4n) is 3.10. The minimum Gasteiger partial charge on any atom is -0.481 e. The number of carbonyl (C=O) groups is 1. The average molecular weight is 349 g/mol. The molecule has 0 unspecified atom stereocenters. The van der Waals surface area contributed by atoms with Gasteiger partial charge in [0.1, 0.15) is 0 Å². The smallest absolute Gasteiger partial charge is 0.307 e. The van der Waals surface area contributed by atoms with Crippen molar-refractivity contribution >= 4 is 16.0 Å². The van der Waals surface area contributed by atoms with Gasteiger partial charge in [-0.1, -0.05) is 24.3 Å². The van der Waals surface area contributed by atoms with Crippen LogP contribution in [0.3, 0.4) is 0 Å². The van der Waals surface area contributed by atoms with Crippen LogP contribution in [0.15, 0.2) is 52.2 Å². The molecular weight excluding hydrogens is 330 g/mol. The van der Waals surface area contributed by atoms with E-state index in [-0.39, 0.29) is 17.4 Å². The fraction of sp³-hybridized carbons (Fsp3) is 0.353. The number of hydrogen-bond acceptors (Lipinski definition) is 4. The molecule has 1 N–H and O–H groups in total. The SMILES string of the molecule is O=C(O)Cc1cccc(C2CCN(S(=O)(=O)c3ccco3)CC2)c1. The fourth-order valence-corrected chi connectivity index (χ4v) is 4.47. The third-order valence-corrected chi connectivity index (χ3v) is 6.11. The van der Waals surface area contributed by atoms with Gasteiger partial charge in [-0.15, -0.1) is 0 Å². The maximum Gasteiger partial charge on any atom is 0.307 e. The number of carboxylic acid groups (broad SMARTS) is 1. The molecule has 3 rings (SSSR count).